The number of fused-ring (bicyclic) bond motifs is 1. The van der Waals surface area contributed by atoms with E-state index in [4.69, 9.17) is 0 Å². The molecular formula is C20H18N2O3. The van der Waals surface area contributed by atoms with Crippen LogP contribution < -0.4 is 10.6 Å². The summed E-state index contributed by atoms with van der Waals surface area (Å²) in [4.78, 5) is 24.3. The van der Waals surface area contributed by atoms with Gasteiger partial charge in [-0.05, 0) is 36.2 Å². The molecule has 0 fully saturated rings. The van der Waals surface area contributed by atoms with Crippen LogP contribution in [0.5, 0.6) is 5.75 Å². The average molecular weight is 334 g/mol. The fraction of sp³-hybridized carbons (Fsp3) is 0.100. The lowest BCUT2D eigenvalue weighted by atomic mass is 10.1. The van der Waals surface area contributed by atoms with Crippen molar-refractivity contribution in [2.24, 2.45) is 0 Å². The maximum Gasteiger partial charge on any atom is 0.314 e. The molecular weight excluding hydrogens is 316 g/mol. The molecule has 5 nitrogen and oxygen atoms in total. The van der Waals surface area contributed by atoms with Crippen LogP contribution in [-0.2, 0) is 16.0 Å². The predicted molar refractivity (Wildman–Crippen MR) is 98.7 cm³/mol. The van der Waals surface area contributed by atoms with Gasteiger partial charge in [-0.25, -0.2) is 0 Å². The van der Waals surface area contributed by atoms with E-state index in [0.29, 0.717) is 22.1 Å². The third-order valence-corrected chi connectivity index (χ3v) is 3.97. The molecule has 0 aliphatic rings. The lowest BCUT2D eigenvalue weighted by molar-refractivity contribution is -0.132. The van der Waals surface area contributed by atoms with Crippen LogP contribution in [0.25, 0.3) is 10.8 Å². The van der Waals surface area contributed by atoms with Gasteiger partial charge >= 0.3 is 11.8 Å². The highest BCUT2D eigenvalue weighted by Gasteiger charge is 2.15. The monoisotopic (exact) mass is 334 g/mol. The molecule has 0 radical (unpaired) electrons. The van der Waals surface area contributed by atoms with Crippen molar-refractivity contribution in [3.63, 3.8) is 0 Å². The molecule has 0 saturated heterocycles. The summed E-state index contributed by atoms with van der Waals surface area (Å²) >= 11 is 0. The summed E-state index contributed by atoms with van der Waals surface area (Å²) in [5.41, 5.74) is 2.18. The molecule has 0 spiro atoms. The Morgan fingerprint density at radius 2 is 1.48 bits per heavy atom. The number of phenolic OH excluding ortho intramolecular Hbond substituents is 1. The van der Waals surface area contributed by atoms with Crippen molar-refractivity contribution in [2.75, 3.05) is 10.6 Å². The number of carbonyl (C=O) groups excluding carboxylic acids is 2. The zero-order valence-electron chi connectivity index (χ0n) is 13.7. The molecule has 0 aliphatic carbocycles. The van der Waals surface area contributed by atoms with E-state index in [1.54, 1.807) is 48.5 Å². The predicted octanol–water partition coefficient (Wildman–Crippen LogP) is 3.69. The first-order valence-electron chi connectivity index (χ1n) is 8.00. The maximum atomic E-state index is 12.2. The van der Waals surface area contributed by atoms with Crippen molar-refractivity contribution in [1.82, 2.24) is 0 Å². The molecule has 126 valence electrons. The van der Waals surface area contributed by atoms with Gasteiger partial charge in [0.05, 0.1) is 0 Å². The molecule has 2 amide bonds. The van der Waals surface area contributed by atoms with Crippen LogP contribution in [0.15, 0.2) is 60.7 Å². The topological polar surface area (TPSA) is 78.4 Å². The van der Waals surface area contributed by atoms with E-state index in [2.05, 4.69) is 10.6 Å². The zero-order valence-corrected chi connectivity index (χ0v) is 13.7. The Bertz CT molecular complexity index is 933. The second-order valence-corrected chi connectivity index (χ2v) is 5.64. The van der Waals surface area contributed by atoms with E-state index in [-0.39, 0.29) is 5.75 Å². The van der Waals surface area contributed by atoms with Crippen LogP contribution in [0, 0.1) is 0 Å². The van der Waals surface area contributed by atoms with Crippen LogP contribution in [-0.4, -0.2) is 16.9 Å². The van der Waals surface area contributed by atoms with Crippen molar-refractivity contribution >= 4 is 34.0 Å². The lowest BCUT2D eigenvalue weighted by Gasteiger charge is -2.10. The number of anilines is 2. The number of carbonyl (C=O) groups is 2. The molecule has 0 saturated carbocycles. The van der Waals surface area contributed by atoms with Crippen molar-refractivity contribution in [1.29, 1.82) is 0 Å². The maximum absolute atomic E-state index is 12.2. The van der Waals surface area contributed by atoms with Gasteiger partial charge in [-0.3, -0.25) is 9.59 Å². The number of amides is 2. The average Bonchev–Trinajstić information content (AvgIpc) is 2.63. The minimum atomic E-state index is -0.768. The molecule has 0 unspecified atom stereocenters. The van der Waals surface area contributed by atoms with E-state index < -0.39 is 11.8 Å². The van der Waals surface area contributed by atoms with Gasteiger partial charge in [0, 0.05) is 22.1 Å². The highest BCUT2D eigenvalue weighted by molar-refractivity contribution is 6.44. The Kier molecular flexibility index (Phi) is 4.66. The summed E-state index contributed by atoms with van der Waals surface area (Å²) in [5.74, 6) is -1.40. The van der Waals surface area contributed by atoms with Crippen LogP contribution in [0.1, 0.15) is 12.5 Å². The van der Waals surface area contributed by atoms with Gasteiger partial charge in [-0.15, -0.1) is 0 Å². The Morgan fingerprint density at radius 1 is 0.840 bits per heavy atom. The SMILES string of the molecule is CCc1ccc(NC(=O)C(=O)Nc2cccc3c(O)cccc23)cc1. The molecule has 0 aliphatic heterocycles. The van der Waals surface area contributed by atoms with E-state index in [0.717, 1.165) is 12.0 Å². The molecule has 3 aromatic rings. The number of hydrogen-bond donors (Lipinski definition) is 3. The minimum Gasteiger partial charge on any atom is -0.507 e. The molecule has 0 atom stereocenters. The Hall–Kier alpha value is -3.34. The van der Waals surface area contributed by atoms with Gasteiger partial charge < -0.3 is 15.7 Å². The zero-order chi connectivity index (χ0) is 17.8. The first-order valence-corrected chi connectivity index (χ1v) is 8.00. The van der Waals surface area contributed by atoms with Gasteiger partial charge in [0.25, 0.3) is 0 Å². The summed E-state index contributed by atoms with van der Waals surface area (Å²) in [6.45, 7) is 2.04. The summed E-state index contributed by atoms with van der Waals surface area (Å²) in [6.07, 6.45) is 0.905. The van der Waals surface area contributed by atoms with Gasteiger partial charge in [0.15, 0.2) is 0 Å². The van der Waals surface area contributed by atoms with Gasteiger partial charge in [0.1, 0.15) is 5.75 Å². The Morgan fingerprint density at radius 3 is 2.20 bits per heavy atom. The van der Waals surface area contributed by atoms with E-state index in [1.165, 1.54) is 0 Å². The number of phenols is 1. The molecule has 3 rings (SSSR count). The number of aromatic hydroxyl groups is 1. The lowest BCUT2D eigenvalue weighted by Crippen LogP contribution is -2.29. The first-order chi connectivity index (χ1) is 12.1. The van der Waals surface area contributed by atoms with Crippen molar-refractivity contribution in [2.45, 2.75) is 13.3 Å². The fourth-order valence-electron chi connectivity index (χ4n) is 2.59. The van der Waals surface area contributed by atoms with Crippen LogP contribution >= 0.6 is 0 Å². The van der Waals surface area contributed by atoms with E-state index in [9.17, 15) is 14.7 Å². The summed E-state index contributed by atoms with van der Waals surface area (Å²) in [7, 11) is 0. The standard InChI is InChI=1S/C20H18N2O3/c1-2-13-9-11-14(12-10-13)21-19(24)20(25)22-17-7-3-6-16-15(17)5-4-8-18(16)23/h3-12,23H,2H2,1H3,(H,21,24)(H,22,25). The quantitative estimate of drug-likeness (QED) is 0.639. The molecule has 0 aromatic heterocycles. The molecule has 3 N–H and O–H groups in total. The largest absolute Gasteiger partial charge is 0.507 e. The van der Waals surface area contributed by atoms with Crippen LogP contribution in [0.4, 0.5) is 11.4 Å². The number of hydrogen-bond acceptors (Lipinski definition) is 3. The second kappa shape index (κ2) is 7.05. The summed E-state index contributed by atoms with van der Waals surface area (Å²) < 4.78 is 0. The number of rotatable bonds is 3. The molecule has 5 heteroatoms. The Labute approximate surface area is 145 Å². The highest BCUT2D eigenvalue weighted by atomic mass is 16.3. The normalized spacial score (nSPS) is 10.4. The second-order valence-electron chi connectivity index (χ2n) is 5.64. The van der Waals surface area contributed by atoms with Crippen molar-refractivity contribution < 1.29 is 14.7 Å². The fourth-order valence-corrected chi connectivity index (χ4v) is 2.59. The number of nitrogens with one attached hydrogen (secondary N) is 2. The van der Waals surface area contributed by atoms with Gasteiger partial charge in [-0.1, -0.05) is 43.3 Å². The smallest absolute Gasteiger partial charge is 0.314 e. The number of aryl methyl sites for hydroxylation is 1. The summed E-state index contributed by atoms with van der Waals surface area (Å²) in [6, 6.07) is 17.5. The Balaban J connectivity index is 1.75. The first kappa shape index (κ1) is 16.5. The summed E-state index contributed by atoms with van der Waals surface area (Å²) in [5, 5.41) is 16.3. The van der Waals surface area contributed by atoms with E-state index in [1.807, 2.05) is 19.1 Å². The van der Waals surface area contributed by atoms with Crippen molar-refractivity contribution in [3.8, 4) is 5.75 Å². The molecule has 25 heavy (non-hydrogen) atoms. The molecule has 0 heterocycles. The minimum absolute atomic E-state index is 0.120. The highest BCUT2D eigenvalue weighted by Crippen LogP contribution is 2.29. The van der Waals surface area contributed by atoms with Crippen LogP contribution in [0.2, 0.25) is 0 Å². The van der Waals surface area contributed by atoms with E-state index >= 15 is 0 Å². The third-order valence-electron chi connectivity index (χ3n) is 3.97. The van der Waals surface area contributed by atoms with Crippen LogP contribution in [0.3, 0.4) is 0 Å². The van der Waals surface area contributed by atoms with Crippen molar-refractivity contribution in [3.05, 3.63) is 66.2 Å². The number of benzene rings is 3. The van der Waals surface area contributed by atoms with Gasteiger partial charge in [0.2, 0.25) is 0 Å². The molecule has 0 bridgehead atoms. The third kappa shape index (κ3) is 3.61. The molecule has 3 aromatic carbocycles. The van der Waals surface area contributed by atoms with Gasteiger partial charge in [-0.2, -0.15) is 0 Å².